The smallest absolute Gasteiger partial charge is 0.578 e. The first-order chi connectivity index (χ1) is 12.3. The van der Waals surface area contributed by atoms with Gasteiger partial charge in [0.25, 0.3) is 5.54 Å². The van der Waals surface area contributed by atoms with Gasteiger partial charge in [0.2, 0.25) is 10.7 Å². The van der Waals surface area contributed by atoms with E-state index in [2.05, 4.69) is 15.5 Å². The maximum atomic E-state index is 13.1. The van der Waals surface area contributed by atoms with Crippen LogP contribution in [-0.2, 0) is 22.9 Å². The molecule has 1 aromatic rings. The van der Waals surface area contributed by atoms with E-state index in [1.807, 2.05) is 0 Å². The number of rotatable bonds is 3. The van der Waals surface area contributed by atoms with Gasteiger partial charge in [-0.25, -0.2) is 0 Å². The van der Waals surface area contributed by atoms with Crippen molar-refractivity contribution in [3.8, 4) is 6.07 Å². The Hall–Kier alpha value is -1.68. The van der Waals surface area contributed by atoms with E-state index in [1.54, 1.807) is 0 Å². The van der Waals surface area contributed by atoms with E-state index in [0.29, 0.717) is 12.1 Å². The van der Waals surface area contributed by atoms with Crippen molar-refractivity contribution in [1.82, 2.24) is 5.32 Å². The molecule has 0 saturated carbocycles. The Morgan fingerprint density at radius 1 is 1.19 bits per heavy atom. The molecule has 1 heterocycles. The summed E-state index contributed by atoms with van der Waals surface area (Å²) in [5.41, 5.74) is -10.0. The zero-order valence-electron chi connectivity index (χ0n) is 12.8. The molecule has 0 spiro atoms. The van der Waals surface area contributed by atoms with Gasteiger partial charge in [0.15, 0.2) is 0 Å². The zero-order chi connectivity index (χ0) is 20.8. The summed E-state index contributed by atoms with van der Waals surface area (Å²) in [6.45, 7) is 0. The van der Waals surface area contributed by atoms with Crippen LogP contribution in [0.3, 0.4) is 0 Å². The minimum Gasteiger partial charge on any atom is -0.604 e. The Kier molecular flexibility index (Phi) is 5.64. The quantitative estimate of drug-likeness (QED) is 0.527. The molecule has 1 N–H and O–H groups in total. The van der Waals surface area contributed by atoms with Gasteiger partial charge in [0, 0.05) is 22.7 Å². The molecule has 0 saturated heterocycles. The van der Waals surface area contributed by atoms with Crippen LogP contribution in [0.4, 0.5) is 26.3 Å². The Labute approximate surface area is 160 Å². The van der Waals surface area contributed by atoms with E-state index in [-0.39, 0.29) is 0 Å². The highest BCUT2D eigenvalue weighted by molar-refractivity contribution is 7.96. The third kappa shape index (κ3) is 3.69. The van der Waals surface area contributed by atoms with Gasteiger partial charge in [-0.3, -0.25) is 0 Å². The lowest BCUT2D eigenvalue weighted by atomic mass is 9.91. The molecule has 2 rings (SSSR count). The first-order valence-corrected chi connectivity index (χ1v) is 8.52. The Balaban J connectivity index is 2.80. The molecular formula is C13H6Cl2F6N4OS. The van der Waals surface area contributed by atoms with Crippen LogP contribution < -0.4 is 5.32 Å². The average molecular weight is 451 g/mol. The van der Waals surface area contributed by atoms with Crippen molar-refractivity contribution in [3.63, 3.8) is 0 Å². The van der Waals surface area contributed by atoms with Crippen LogP contribution in [0.15, 0.2) is 33.1 Å². The van der Waals surface area contributed by atoms with Crippen molar-refractivity contribution in [2.45, 2.75) is 17.2 Å². The van der Waals surface area contributed by atoms with Gasteiger partial charge in [-0.15, -0.1) is 23.4 Å². The second-order valence-electron chi connectivity index (χ2n) is 4.98. The van der Waals surface area contributed by atoms with Crippen LogP contribution in [-0.4, -0.2) is 17.1 Å². The first kappa shape index (κ1) is 21.6. The lowest BCUT2D eigenvalue weighted by Gasteiger charge is -2.25. The molecule has 0 radical (unpaired) electrons. The Morgan fingerprint density at radius 3 is 2.07 bits per heavy atom. The molecule has 1 aliphatic heterocycles. The number of halogens is 8. The van der Waals surface area contributed by atoms with Crippen molar-refractivity contribution >= 4 is 34.4 Å². The second-order valence-corrected chi connectivity index (χ2v) is 7.20. The topological polar surface area (TPSA) is 83.6 Å². The van der Waals surface area contributed by atoms with Gasteiger partial charge in [-0.05, 0) is 12.1 Å². The summed E-state index contributed by atoms with van der Waals surface area (Å²) in [6, 6.07) is 2.16. The third-order valence-corrected chi connectivity index (χ3v) is 5.25. The molecule has 1 aliphatic rings. The maximum absolute atomic E-state index is 13.1. The third-order valence-electron chi connectivity index (χ3n) is 3.37. The van der Waals surface area contributed by atoms with Crippen molar-refractivity contribution < 1.29 is 30.9 Å². The molecule has 0 amide bonds. The van der Waals surface area contributed by atoms with Crippen LogP contribution in [0, 0.1) is 11.3 Å². The van der Waals surface area contributed by atoms with E-state index >= 15 is 0 Å². The highest BCUT2D eigenvalue weighted by Gasteiger charge is 2.61. The highest BCUT2D eigenvalue weighted by atomic mass is 35.5. The van der Waals surface area contributed by atoms with E-state index < -0.39 is 60.3 Å². The van der Waals surface area contributed by atoms with Gasteiger partial charge < -0.3 is 9.87 Å². The van der Waals surface area contributed by atoms with Crippen molar-refractivity contribution in [2.24, 2.45) is 10.2 Å². The minimum absolute atomic E-state index is 0.378. The fraction of sp³-hybridized carbons (Fsp3) is 0.308. The molecule has 1 aromatic carbocycles. The standard InChI is InChI=1S/C13H6Cl2F6N4OS/c1-23-10-9(27(26)13(19,20)21)11(4-22,25-24-10)8-6(14)2-5(3-7(8)15)12(16,17)18/h2-3,23H,1H3. The van der Waals surface area contributed by atoms with Gasteiger partial charge in [0.05, 0.1) is 5.56 Å². The second kappa shape index (κ2) is 7.05. The summed E-state index contributed by atoms with van der Waals surface area (Å²) in [4.78, 5) is -1.14. The minimum atomic E-state index is -5.31. The van der Waals surface area contributed by atoms with Crippen molar-refractivity contribution in [3.05, 3.63) is 44.0 Å². The molecule has 14 heteroatoms. The summed E-state index contributed by atoms with van der Waals surface area (Å²) in [7, 11) is 1.13. The fourth-order valence-electron chi connectivity index (χ4n) is 2.26. The van der Waals surface area contributed by atoms with E-state index in [9.17, 15) is 36.2 Å². The summed E-state index contributed by atoms with van der Waals surface area (Å²) in [5, 5.41) is 17.0. The molecule has 0 aliphatic carbocycles. The molecule has 5 nitrogen and oxygen atoms in total. The summed E-state index contributed by atoms with van der Waals surface area (Å²) in [6.07, 6.45) is -4.85. The average Bonchev–Trinajstić information content (AvgIpc) is 2.91. The van der Waals surface area contributed by atoms with E-state index in [1.165, 1.54) is 6.07 Å². The molecular weight excluding hydrogens is 445 g/mol. The maximum Gasteiger partial charge on any atom is 0.578 e. The van der Waals surface area contributed by atoms with Crippen LogP contribution in [0.25, 0.3) is 0 Å². The predicted octanol–water partition coefficient (Wildman–Crippen LogP) is 4.85. The summed E-state index contributed by atoms with van der Waals surface area (Å²) in [5.74, 6) is -0.640. The molecule has 2 atom stereocenters. The molecule has 0 aromatic heterocycles. The normalized spacial score (nSPS) is 21.4. The van der Waals surface area contributed by atoms with Gasteiger partial charge in [-0.1, -0.05) is 23.2 Å². The van der Waals surface area contributed by atoms with E-state index in [4.69, 9.17) is 23.2 Å². The molecule has 2 unspecified atom stereocenters. The predicted molar refractivity (Wildman–Crippen MR) is 83.9 cm³/mol. The number of hydrogen-bond donors (Lipinski definition) is 1. The number of hydrogen-bond acceptors (Lipinski definition) is 5. The fourth-order valence-corrected chi connectivity index (χ4v) is 4.03. The number of nitriles is 1. The molecule has 27 heavy (non-hydrogen) atoms. The lowest BCUT2D eigenvalue weighted by molar-refractivity contribution is -0.137. The molecule has 0 bridgehead atoms. The number of alkyl halides is 6. The number of azo groups is 1. The van der Waals surface area contributed by atoms with Gasteiger partial charge >= 0.3 is 11.7 Å². The monoisotopic (exact) mass is 450 g/mol. The summed E-state index contributed by atoms with van der Waals surface area (Å²) >= 11 is 7.82. The Bertz CT molecular complexity index is 856. The summed E-state index contributed by atoms with van der Waals surface area (Å²) < 4.78 is 89.8. The Morgan fingerprint density at radius 2 is 1.70 bits per heavy atom. The number of nitrogens with zero attached hydrogens (tertiary/aromatic N) is 3. The van der Waals surface area contributed by atoms with Gasteiger partial charge in [0.1, 0.15) is 17.2 Å². The van der Waals surface area contributed by atoms with Gasteiger partial charge in [-0.2, -0.15) is 18.4 Å². The molecule has 0 fully saturated rings. The van der Waals surface area contributed by atoms with Crippen LogP contribution in [0.2, 0.25) is 10.0 Å². The SMILES string of the molecule is CNC1=C([S+]([O-])C(F)(F)F)C(C#N)(c2c(Cl)cc(C(F)(F)F)cc2Cl)N=N1. The van der Waals surface area contributed by atoms with Crippen LogP contribution >= 0.6 is 23.2 Å². The van der Waals surface area contributed by atoms with Crippen molar-refractivity contribution in [1.29, 1.82) is 5.26 Å². The van der Waals surface area contributed by atoms with Crippen molar-refractivity contribution in [2.75, 3.05) is 7.05 Å². The number of nitrogens with one attached hydrogen (secondary N) is 1. The molecule has 146 valence electrons. The number of benzene rings is 1. The van der Waals surface area contributed by atoms with Crippen LogP contribution in [0.5, 0.6) is 0 Å². The first-order valence-electron chi connectivity index (χ1n) is 6.61. The van der Waals surface area contributed by atoms with E-state index in [0.717, 1.165) is 7.05 Å². The van der Waals surface area contributed by atoms with Crippen LogP contribution in [0.1, 0.15) is 11.1 Å². The largest absolute Gasteiger partial charge is 0.604 e. The lowest BCUT2D eigenvalue weighted by Crippen LogP contribution is -2.36. The zero-order valence-corrected chi connectivity index (χ0v) is 15.2. The highest BCUT2D eigenvalue weighted by Crippen LogP contribution is 2.51.